The van der Waals surface area contributed by atoms with Gasteiger partial charge in [0.2, 0.25) is 5.88 Å². The van der Waals surface area contributed by atoms with Crippen molar-refractivity contribution in [2.45, 2.75) is 33.7 Å². The smallest absolute Gasteiger partial charge is 0.231 e. The monoisotopic (exact) mass is 296 g/mol. The molecule has 0 saturated heterocycles. The third kappa shape index (κ3) is 2.39. The van der Waals surface area contributed by atoms with E-state index in [9.17, 15) is 0 Å². The zero-order valence-electron chi connectivity index (χ0n) is 13.3. The molecular weight excluding hydrogens is 276 g/mol. The lowest BCUT2D eigenvalue weighted by Gasteiger charge is -2.13. The molecule has 0 amide bonds. The largest absolute Gasteiger partial charge is 0.438 e. The van der Waals surface area contributed by atoms with Crippen LogP contribution in [0.2, 0.25) is 0 Å². The summed E-state index contributed by atoms with van der Waals surface area (Å²) in [5.41, 5.74) is 9.47. The molecule has 0 aliphatic rings. The predicted octanol–water partition coefficient (Wildman–Crippen LogP) is 4.00. The van der Waals surface area contributed by atoms with Crippen LogP contribution in [-0.4, -0.2) is 14.5 Å². The van der Waals surface area contributed by atoms with E-state index in [1.807, 2.05) is 38.2 Å². The molecule has 2 N–H and O–H groups in total. The molecule has 0 atom stereocenters. The number of aryl methyl sites for hydroxylation is 2. The summed E-state index contributed by atoms with van der Waals surface area (Å²) < 4.78 is 8.19. The maximum atomic E-state index is 6.08. The molecule has 0 bridgehead atoms. The molecule has 5 nitrogen and oxygen atoms in total. The Labute approximate surface area is 129 Å². The van der Waals surface area contributed by atoms with Crippen LogP contribution >= 0.6 is 0 Å². The molecule has 114 valence electrons. The number of hydrogen-bond donors (Lipinski definition) is 1. The van der Waals surface area contributed by atoms with E-state index in [0.29, 0.717) is 11.9 Å². The van der Waals surface area contributed by atoms with Gasteiger partial charge in [-0.05, 0) is 57.0 Å². The van der Waals surface area contributed by atoms with Crippen LogP contribution < -0.4 is 10.5 Å². The Morgan fingerprint density at radius 1 is 1.14 bits per heavy atom. The number of benzene rings is 1. The summed E-state index contributed by atoms with van der Waals surface area (Å²) in [5.74, 6) is 1.37. The zero-order valence-corrected chi connectivity index (χ0v) is 13.3. The van der Waals surface area contributed by atoms with Crippen molar-refractivity contribution in [2.75, 3.05) is 5.73 Å². The van der Waals surface area contributed by atoms with E-state index < -0.39 is 0 Å². The van der Waals surface area contributed by atoms with Crippen molar-refractivity contribution in [2.24, 2.45) is 0 Å². The van der Waals surface area contributed by atoms with Crippen LogP contribution in [0, 0.1) is 13.8 Å². The lowest BCUT2D eigenvalue weighted by Crippen LogP contribution is -2.01. The molecule has 0 fully saturated rings. The number of fused-ring (bicyclic) bond motifs is 1. The number of nitrogen functional groups attached to an aromatic ring is 1. The van der Waals surface area contributed by atoms with Gasteiger partial charge in [0, 0.05) is 17.9 Å². The molecule has 1 aromatic carbocycles. The van der Waals surface area contributed by atoms with Crippen LogP contribution in [0.5, 0.6) is 11.6 Å². The SMILES string of the molecule is Cc1cc(N)cc(C)c1Oc1ncnc2c1ccn2C(C)C. The quantitative estimate of drug-likeness (QED) is 0.742. The first kappa shape index (κ1) is 14.4. The van der Waals surface area contributed by atoms with Gasteiger partial charge < -0.3 is 15.0 Å². The van der Waals surface area contributed by atoms with Gasteiger partial charge in [0.15, 0.2) is 0 Å². The molecule has 22 heavy (non-hydrogen) atoms. The second kappa shape index (κ2) is 5.33. The van der Waals surface area contributed by atoms with Crippen molar-refractivity contribution in [1.29, 1.82) is 0 Å². The van der Waals surface area contributed by atoms with Crippen molar-refractivity contribution in [3.05, 3.63) is 41.9 Å². The second-order valence-electron chi connectivity index (χ2n) is 5.82. The summed E-state index contributed by atoms with van der Waals surface area (Å²) in [6.45, 7) is 8.21. The number of nitrogens with two attached hydrogens (primary N) is 1. The Morgan fingerprint density at radius 2 is 1.82 bits per heavy atom. The number of anilines is 1. The van der Waals surface area contributed by atoms with Gasteiger partial charge >= 0.3 is 0 Å². The average Bonchev–Trinajstić information content (AvgIpc) is 2.87. The zero-order chi connectivity index (χ0) is 15.9. The molecule has 0 saturated carbocycles. The predicted molar refractivity (Wildman–Crippen MR) is 88.3 cm³/mol. The van der Waals surface area contributed by atoms with Crippen molar-refractivity contribution in [3.63, 3.8) is 0 Å². The molecule has 0 spiro atoms. The number of rotatable bonds is 3. The molecule has 0 aliphatic carbocycles. The highest BCUT2D eigenvalue weighted by atomic mass is 16.5. The topological polar surface area (TPSA) is 66.0 Å². The molecule has 0 radical (unpaired) electrons. The van der Waals surface area contributed by atoms with Gasteiger partial charge in [0.25, 0.3) is 0 Å². The highest BCUT2D eigenvalue weighted by molar-refractivity contribution is 5.81. The van der Waals surface area contributed by atoms with E-state index in [-0.39, 0.29) is 0 Å². The van der Waals surface area contributed by atoms with Crippen molar-refractivity contribution in [3.8, 4) is 11.6 Å². The molecule has 0 aliphatic heterocycles. The number of ether oxygens (including phenoxy) is 1. The van der Waals surface area contributed by atoms with Crippen LogP contribution in [0.15, 0.2) is 30.7 Å². The van der Waals surface area contributed by atoms with Crippen LogP contribution in [0.25, 0.3) is 11.0 Å². The first-order valence-electron chi connectivity index (χ1n) is 7.33. The number of aromatic nitrogens is 3. The van der Waals surface area contributed by atoms with Gasteiger partial charge in [-0.3, -0.25) is 0 Å². The number of nitrogens with zero attached hydrogens (tertiary/aromatic N) is 3. The fourth-order valence-electron chi connectivity index (χ4n) is 2.69. The van der Waals surface area contributed by atoms with Crippen molar-refractivity contribution < 1.29 is 4.74 Å². The van der Waals surface area contributed by atoms with E-state index in [0.717, 1.165) is 33.6 Å². The Hall–Kier alpha value is -2.56. The van der Waals surface area contributed by atoms with Gasteiger partial charge in [0.05, 0.1) is 5.39 Å². The van der Waals surface area contributed by atoms with Crippen molar-refractivity contribution >= 4 is 16.7 Å². The standard InChI is InChI=1S/C17H20N4O/c1-10(2)21-6-5-14-16(21)19-9-20-17(14)22-15-11(3)7-13(18)8-12(15)4/h5-10H,18H2,1-4H3. The Bertz CT molecular complexity index is 813. The third-order valence-electron chi connectivity index (χ3n) is 3.71. The fraction of sp³-hybridized carbons (Fsp3) is 0.294. The normalized spacial score (nSPS) is 11.3. The average molecular weight is 296 g/mol. The van der Waals surface area contributed by atoms with Gasteiger partial charge in [-0.2, -0.15) is 0 Å². The first-order valence-corrected chi connectivity index (χ1v) is 7.33. The maximum Gasteiger partial charge on any atom is 0.231 e. The fourth-order valence-corrected chi connectivity index (χ4v) is 2.69. The summed E-state index contributed by atoms with van der Waals surface area (Å²) in [4.78, 5) is 8.68. The lowest BCUT2D eigenvalue weighted by molar-refractivity contribution is 0.461. The molecule has 2 heterocycles. The van der Waals surface area contributed by atoms with E-state index in [4.69, 9.17) is 10.5 Å². The van der Waals surface area contributed by atoms with Crippen LogP contribution in [0.3, 0.4) is 0 Å². The molecule has 2 aromatic heterocycles. The van der Waals surface area contributed by atoms with Crippen LogP contribution in [0.4, 0.5) is 5.69 Å². The number of hydrogen-bond acceptors (Lipinski definition) is 4. The molecular formula is C17H20N4O. The second-order valence-corrected chi connectivity index (χ2v) is 5.82. The summed E-state index contributed by atoms with van der Waals surface area (Å²) in [6, 6.07) is 6.13. The lowest BCUT2D eigenvalue weighted by atomic mass is 10.1. The highest BCUT2D eigenvalue weighted by Crippen LogP contribution is 2.33. The van der Waals surface area contributed by atoms with Crippen LogP contribution in [-0.2, 0) is 0 Å². The Morgan fingerprint density at radius 3 is 2.45 bits per heavy atom. The van der Waals surface area contributed by atoms with Gasteiger partial charge in [-0.1, -0.05) is 0 Å². The van der Waals surface area contributed by atoms with E-state index >= 15 is 0 Å². The summed E-state index contributed by atoms with van der Waals surface area (Å²) in [7, 11) is 0. The highest BCUT2D eigenvalue weighted by Gasteiger charge is 2.14. The molecule has 0 unspecified atom stereocenters. The Balaban J connectivity index is 2.09. The third-order valence-corrected chi connectivity index (χ3v) is 3.71. The maximum absolute atomic E-state index is 6.08. The summed E-state index contributed by atoms with van der Waals surface area (Å²) >= 11 is 0. The van der Waals surface area contributed by atoms with Gasteiger partial charge in [-0.25, -0.2) is 9.97 Å². The van der Waals surface area contributed by atoms with Gasteiger partial charge in [-0.15, -0.1) is 0 Å². The van der Waals surface area contributed by atoms with E-state index in [1.54, 1.807) is 6.33 Å². The van der Waals surface area contributed by atoms with E-state index in [2.05, 4.69) is 28.4 Å². The summed E-state index contributed by atoms with van der Waals surface area (Å²) in [5, 5.41) is 0.909. The minimum atomic E-state index is 0.334. The van der Waals surface area contributed by atoms with Gasteiger partial charge in [0.1, 0.15) is 17.7 Å². The van der Waals surface area contributed by atoms with Crippen molar-refractivity contribution in [1.82, 2.24) is 14.5 Å². The molecule has 5 heteroatoms. The van der Waals surface area contributed by atoms with Crippen LogP contribution in [0.1, 0.15) is 31.0 Å². The molecule has 3 rings (SSSR count). The minimum Gasteiger partial charge on any atom is -0.438 e. The Kier molecular flexibility index (Phi) is 3.48. The minimum absolute atomic E-state index is 0.334. The molecule has 3 aromatic rings. The van der Waals surface area contributed by atoms with E-state index in [1.165, 1.54) is 0 Å². The summed E-state index contributed by atoms with van der Waals surface area (Å²) in [6.07, 6.45) is 3.55. The first-order chi connectivity index (χ1) is 10.5.